The number of imidazole rings is 1. The van der Waals surface area contributed by atoms with E-state index in [1.165, 1.54) is 0 Å². The Balaban J connectivity index is 1.40. The topological polar surface area (TPSA) is 130 Å². The summed E-state index contributed by atoms with van der Waals surface area (Å²) in [6.07, 6.45) is 3.57. The number of nitrogens with zero attached hydrogens (tertiary/aromatic N) is 6. The van der Waals surface area contributed by atoms with Gasteiger partial charge in [0.15, 0.2) is 5.65 Å². The van der Waals surface area contributed by atoms with E-state index in [2.05, 4.69) is 42.0 Å². The Morgan fingerprint density at radius 2 is 2.06 bits per heavy atom. The molecule has 5 aromatic rings. The van der Waals surface area contributed by atoms with E-state index in [0.717, 1.165) is 27.7 Å². The molecule has 0 fully saturated rings. The standard InChI is InChI=1S/C22H19BrN8O2/c23-18-16(10-29-5-6-30-17(11-29)21(32)28-22(30)33)27-20-14(9-26-31(20)19(18)24)13-7-12-3-1-2-4-15(12)25-8-13/h1-4,7-9,32H,5-6,10-11,24H2,(H,28,33). The van der Waals surface area contributed by atoms with Crippen molar-refractivity contribution in [2.75, 3.05) is 12.3 Å². The highest BCUT2D eigenvalue weighted by Crippen LogP contribution is 2.32. The lowest BCUT2D eigenvalue weighted by molar-refractivity contribution is 0.205. The van der Waals surface area contributed by atoms with Crippen LogP contribution in [0, 0.1) is 0 Å². The molecular formula is C22H19BrN8O2. The summed E-state index contributed by atoms with van der Waals surface area (Å²) in [4.78, 5) is 25.9. The zero-order valence-corrected chi connectivity index (χ0v) is 18.9. The van der Waals surface area contributed by atoms with Crippen molar-refractivity contribution in [1.82, 2.24) is 34.0 Å². The van der Waals surface area contributed by atoms with Crippen molar-refractivity contribution in [2.45, 2.75) is 19.6 Å². The lowest BCUT2D eigenvalue weighted by Crippen LogP contribution is -2.36. The van der Waals surface area contributed by atoms with Gasteiger partial charge in [-0.05, 0) is 28.1 Å². The first-order valence-corrected chi connectivity index (χ1v) is 11.2. The van der Waals surface area contributed by atoms with E-state index in [-0.39, 0.29) is 11.6 Å². The maximum Gasteiger partial charge on any atom is 0.328 e. The van der Waals surface area contributed by atoms with Gasteiger partial charge in [0.1, 0.15) is 5.82 Å². The van der Waals surface area contributed by atoms with Gasteiger partial charge in [-0.25, -0.2) is 9.78 Å². The number of nitrogen functional groups attached to an aromatic ring is 1. The maximum absolute atomic E-state index is 11.9. The third-order valence-corrected chi connectivity index (χ3v) is 6.91. The third kappa shape index (κ3) is 3.19. The van der Waals surface area contributed by atoms with Crippen LogP contribution in [-0.2, 0) is 19.6 Å². The van der Waals surface area contributed by atoms with Crippen LogP contribution in [-0.4, -0.2) is 45.7 Å². The maximum atomic E-state index is 11.9. The van der Waals surface area contributed by atoms with Crippen LogP contribution in [0.4, 0.5) is 5.82 Å². The van der Waals surface area contributed by atoms with Crippen LogP contribution >= 0.6 is 15.9 Å². The van der Waals surface area contributed by atoms with E-state index < -0.39 is 0 Å². The van der Waals surface area contributed by atoms with Gasteiger partial charge >= 0.3 is 5.69 Å². The molecule has 4 N–H and O–H groups in total. The number of nitrogens with two attached hydrogens (primary N) is 1. The first-order valence-electron chi connectivity index (χ1n) is 10.4. The third-order valence-electron chi connectivity index (χ3n) is 6.05. The Morgan fingerprint density at radius 3 is 2.94 bits per heavy atom. The summed E-state index contributed by atoms with van der Waals surface area (Å²) in [5.74, 6) is 0.363. The molecule has 0 aliphatic carbocycles. The second-order valence-electron chi connectivity index (χ2n) is 8.06. The molecular weight excluding hydrogens is 488 g/mol. The molecule has 33 heavy (non-hydrogen) atoms. The molecule has 1 aromatic carbocycles. The lowest BCUT2D eigenvalue weighted by atomic mass is 10.1. The lowest BCUT2D eigenvalue weighted by Gasteiger charge is -2.27. The largest absolute Gasteiger partial charge is 0.493 e. The van der Waals surface area contributed by atoms with Crippen molar-refractivity contribution in [3.8, 4) is 17.0 Å². The second kappa shape index (κ2) is 7.42. The number of rotatable bonds is 3. The number of hydrogen-bond donors (Lipinski definition) is 3. The zero-order chi connectivity index (χ0) is 22.7. The van der Waals surface area contributed by atoms with Crippen LogP contribution < -0.4 is 11.4 Å². The smallest absolute Gasteiger partial charge is 0.328 e. The summed E-state index contributed by atoms with van der Waals surface area (Å²) >= 11 is 3.58. The first-order chi connectivity index (χ1) is 16.0. The number of fused-ring (bicyclic) bond motifs is 3. The molecule has 10 nitrogen and oxygen atoms in total. The van der Waals surface area contributed by atoms with E-state index in [1.807, 2.05) is 30.5 Å². The SMILES string of the molecule is Nc1c(Br)c(CN2CCn3c(c(O)[nH]c3=O)C2)nc2c(-c3cnc4ccccc4c3)cnn12. The summed E-state index contributed by atoms with van der Waals surface area (Å²) in [5.41, 5.74) is 10.7. The average Bonchev–Trinajstić information content (AvgIpc) is 3.37. The number of aromatic nitrogens is 6. The molecule has 0 saturated heterocycles. The predicted molar refractivity (Wildman–Crippen MR) is 127 cm³/mol. The van der Waals surface area contributed by atoms with Crippen LogP contribution in [0.25, 0.3) is 27.7 Å². The van der Waals surface area contributed by atoms with Crippen molar-refractivity contribution in [3.05, 3.63) is 69.1 Å². The minimum Gasteiger partial charge on any atom is -0.493 e. The van der Waals surface area contributed by atoms with E-state index in [4.69, 9.17) is 10.7 Å². The Hall–Kier alpha value is -3.70. The molecule has 0 saturated carbocycles. The van der Waals surface area contributed by atoms with Gasteiger partial charge < -0.3 is 10.8 Å². The Labute approximate surface area is 195 Å². The molecule has 0 atom stereocenters. The highest BCUT2D eigenvalue weighted by Gasteiger charge is 2.24. The summed E-state index contributed by atoms with van der Waals surface area (Å²) in [6, 6.07) is 10.0. The molecule has 0 radical (unpaired) electrons. The summed E-state index contributed by atoms with van der Waals surface area (Å²) in [6.45, 7) is 2.04. The average molecular weight is 507 g/mol. The van der Waals surface area contributed by atoms with Gasteiger partial charge in [-0.1, -0.05) is 18.2 Å². The van der Waals surface area contributed by atoms with Crippen LogP contribution in [0.5, 0.6) is 5.88 Å². The highest BCUT2D eigenvalue weighted by molar-refractivity contribution is 9.10. The van der Waals surface area contributed by atoms with Crippen molar-refractivity contribution >= 4 is 38.3 Å². The van der Waals surface area contributed by atoms with E-state index >= 15 is 0 Å². The van der Waals surface area contributed by atoms with Gasteiger partial charge in [0.25, 0.3) is 0 Å². The number of para-hydroxylation sites is 1. The van der Waals surface area contributed by atoms with Crippen molar-refractivity contribution in [3.63, 3.8) is 0 Å². The zero-order valence-electron chi connectivity index (χ0n) is 17.4. The van der Waals surface area contributed by atoms with Crippen LogP contribution in [0.2, 0.25) is 0 Å². The van der Waals surface area contributed by atoms with Gasteiger partial charge in [-0.2, -0.15) is 9.61 Å². The molecule has 6 rings (SSSR count). The number of H-pyrrole nitrogens is 1. The summed E-state index contributed by atoms with van der Waals surface area (Å²) < 4.78 is 3.85. The molecule has 0 unspecified atom stereocenters. The van der Waals surface area contributed by atoms with E-state index in [1.54, 1.807) is 15.3 Å². The normalized spacial score (nSPS) is 14.2. The minimum atomic E-state index is -0.292. The molecule has 4 aromatic heterocycles. The molecule has 0 amide bonds. The first kappa shape index (κ1) is 19.9. The van der Waals surface area contributed by atoms with Crippen molar-refractivity contribution in [1.29, 1.82) is 0 Å². The number of anilines is 1. The van der Waals surface area contributed by atoms with Gasteiger partial charge in [0, 0.05) is 48.9 Å². The molecule has 1 aliphatic rings. The molecule has 1 aliphatic heterocycles. The number of pyridine rings is 1. The number of aromatic amines is 1. The van der Waals surface area contributed by atoms with Gasteiger partial charge in [-0.3, -0.25) is 19.4 Å². The Kier molecular flexibility index (Phi) is 4.49. The fourth-order valence-electron chi connectivity index (χ4n) is 4.34. The minimum absolute atomic E-state index is 0.0893. The van der Waals surface area contributed by atoms with Crippen LogP contribution in [0.15, 0.2) is 52.0 Å². The van der Waals surface area contributed by atoms with E-state index in [9.17, 15) is 9.90 Å². The van der Waals surface area contributed by atoms with Crippen molar-refractivity contribution < 1.29 is 5.11 Å². The molecule has 5 heterocycles. The van der Waals surface area contributed by atoms with Gasteiger partial charge in [0.2, 0.25) is 5.88 Å². The Bertz CT molecular complexity index is 1600. The van der Waals surface area contributed by atoms with Gasteiger partial charge in [-0.15, -0.1) is 0 Å². The van der Waals surface area contributed by atoms with E-state index in [0.29, 0.717) is 47.8 Å². The Morgan fingerprint density at radius 1 is 1.21 bits per heavy atom. The summed E-state index contributed by atoms with van der Waals surface area (Å²) in [7, 11) is 0. The number of aromatic hydroxyl groups is 1. The number of nitrogens with one attached hydrogen (secondary N) is 1. The molecule has 166 valence electrons. The van der Waals surface area contributed by atoms with Crippen LogP contribution in [0.3, 0.4) is 0 Å². The molecule has 11 heteroatoms. The fourth-order valence-corrected chi connectivity index (χ4v) is 4.72. The monoisotopic (exact) mass is 506 g/mol. The molecule has 0 bridgehead atoms. The van der Waals surface area contributed by atoms with Gasteiger partial charge in [0.05, 0.1) is 27.6 Å². The molecule has 0 spiro atoms. The fraction of sp³-hybridized carbons (Fsp3) is 0.182. The van der Waals surface area contributed by atoms with Crippen LogP contribution in [0.1, 0.15) is 11.4 Å². The van der Waals surface area contributed by atoms with Crippen molar-refractivity contribution in [2.24, 2.45) is 0 Å². The second-order valence-corrected chi connectivity index (χ2v) is 8.85. The number of benzene rings is 1. The number of halogens is 1. The quantitative estimate of drug-likeness (QED) is 0.342. The number of hydrogen-bond acceptors (Lipinski definition) is 7. The predicted octanol–water partition coefficient (Wildman–Crippen LogP) is 2.50. The highest BCUT2D eigenvalue weighted by atomic mass is 79.9. The summed E-state index contributed by atoms with van der Waals surface area (Å²) in [5, 5.41) is 15.5.